The highest BCUT2D eigenvalue weighted by Crippen LogP contribution is 2.17. The van der Waals surface area contributed by atoms with Gasteiger partial charge in [-0.2, -0.15) is 0 Å². The van der Waals surface area contributed by atoms with Crippen molar-refractivity contribution < 1.29 is 4.79 Å². The van der Waals surface area contributed by atoms with Gasteiger partial charge in [0.05, 0.1) is 0 Å². The van der Waals surface area contributed by atoms with Crippen LogP contribution in [0.5, 0.6) is 0 Å². The molecule has 1 aromatic carbocycles. The molecule has 1 N–H and O–H groups in total. The van der Waals surface area contributed by atoms with Gasteiger partial charge in [-0.15, -0.1) is 0 Å². The van der Waals surface area contributed by atoms with Crippen LogP contribution >= 0.6 is 15.9 Å². The van der Waals surface area contributed by atoms with Gasteiger partial charge in [0.1, 0.15) is 0 Å². The largest absolute Gasteiger partial charge is 0.348 e. The molecule has 0 spiro atoms. The van der Waals surface area contributed by atoms with Gasteiger partial charge < -0.3 is 5.32 Å². The minimum absolute atomic E-state index is 0.0746. The highest BCUT2D eigenvalue weighted by Gasteiger charge is 2.06. The number of carbonyl (C=O) groups excluding carboxylic acids is 1. The van der Waals surface area contributed by atoms with Crippen LogP contribution in [0.25, 0.3) is 0 Å². The van der Waals surface area contributed by atoms with Gasteiger partial charge in [-0.25, -0.2) is 0 Å². The van der Waals surface area contributed by atoms with Crippen molar-refractivity contribution in [2.75, 3.05) is 0 Å². The molecule has 2 rings (SSSR count). The molecule has 1 heterocycles. The van der Waals surface area contributed by atoms with E-state index in [0.717, 1.165) is 15.6 Å². The number of halogens is 1. The number of carbonyl (C=O) groups is 1. The standard InChI is InChI=1S/C14H13BrN2O/c1-10-7-12(4-5-13(10)15)14(18)17-9-11-3-2-6-16-8-11/h2-8H,9H2,1H3,(H,17,18). The van der Waals surface area contributed by atoms with Crippen LogP contribution in [0.1, 0.15) is 21.5 Å². The number of rotatable bonds is 3. The molecular weight excluding hydrogens is 292 g/mol. The number of hydrogen-bond donors (Lipinski definition) is 1. The lowest BCUT2D eigenvalue weighted by atomic mass is 10.1. The zero-order chi connectivity index (χ0) is 13.0. The fourth-order valence-corrected chi connectivity index (χ4v) is 1.82. The third-order valence-corrected chi connectivity index (χ3v) is 3.49. The first-order valence-electron chi connectivity index (χ1n) is 5.60. The molecular formula is C14H13BrN2O. The number of benzene rings is 1. The Labute approximate surface area is 114 Å². The van der Waals surface area contributed by atoms with E-state index in [4.69, 9.17) is 0 Å². The smallest absolute Gasteiger partial charge is 0.251 e. The number of nitrogens with one attached hydrogen (secondary N) is 1. The van der Waals surface area contributed by atoms with Crippen LogP contribution < -0.4 is 5.32 Å². The normalized spacial score (nSPS) is 10.1. The number of hydrogen-bond acceptors (Lipinski definition) is 2. The lowest BCUT2D eigenvalue weighted by Crippen LogP contribution is -2.22. The van der Waals surface area contributed by atoms with Crippen LogP contribution in [0.2, 0.25) is 0 Å². The molecule has 0 radical (unpaired) electrons. The van der Waals surface area contributed by atoms with Crippen molar-refractivity contribution in [2.24, 2.45) is 0 Å². The number of aromatic nitrogens is 1. The van der Waals surface area contributed by atoms with Gasteiger partial charge in [0.15, 0.2) is 0 Å². The van der Waals surface area contributed by atoms with E-state index >= 15 is 0 Å². The van der Waals surface area contributed by atoms with E-state index in [2.05, 4.69) is 26.2 Å². The number of nitrogens with zero attached hydrogens (tertiary/aromatic N) is 1. The Balaban J connectivity index is 2.02. The Morgan fingerprint density at radius 1 is 1.39 bits per heavy atom. The molecule has 0 unspecified atom stereocenters. The minimum atomic E-state index is -0.0746. The third kappa shape index (κ3) is 3.17. The molecule has 0 fully saturated rings. The second-order valence-electron chi connectivity index (χ2n) is 4.01. The van der Waals surface area contributed by atoms with Gasteiger partial charge in [0.2, 0.25) is 0 Å². The van der Waals surface area contributed by atoms with E-state index in [9.17, 15) is 4.79 Å². The highest BCUT2D eigenvalue weighted by atomic mass is 79.9. The first-order chi connectivity index (χ1) is 8.66. The molecule has 92 valence electrons. The maximum absolute atomic E-state index is 11.9. The first kappa shape index (κ1) is 12.8. The van der Waals surface area contributed by atoms with Crippen LogP contribution in [-0.4, -0.2) is 10.9 Å². The van der Waals surface area contributed by atoms with Gasteiger partial charge >= 0.3 is 0 Å². The van der Waals surface area contributed by atoms with Crippen LogP contribution in [-0.2, 0) is 6.54 Å². The molecule has 1 amide bonds. The minimum Gasteiger partial charge on any atom is -0.348 e. The topological polar surface area (TPSA) is 42.0 Å². The van der Waals surface area contributed by atoms with Gasteiger partial charge in [0, 0.05) is 29.0 Å². The zero-order valence-corrected chi connectivity index (χ0v) is 11.6. The molecule has 0 saturated carbocycles. The molecule has 0 aliphatic rings. The predicted molar refractivity (Wildman–Crippen MR) is 74.3 cm³/mol. The average molecular weight is 305 g/mol. The molecule has 0 saturated heterocycles. The Morgan fingerprint density at radius 3 is 2.89 bits per heavy atom. The van der Waals surface area contributed by atoms with Crippen LogP contribution in [0.4, 0.5) is 0 Å². The van der Waals surface area contributed by atoms with E-state index in [-0.39, 0.29) is 5.91 Å². The summed E-state index contributed by atoms with van der Waals surface area (Å²) in [5.74, 6) is -0.0746. The number of aryl methyl sites for hydroxylation is 1. The quantitative estimate of drug-likeness (QED) is 0.947. The zero-order valence-electron chi connectivity index (χ0n) is 9.98. The summed E-state index contributed by atoms with van der Waals surface area (Å²) >= 11 is 3.41. The molecule has 0 bridgehead atoms. The highest BCUT2D eigenvalue weighted by molar-refractivity contribution is 9.10. The summed E-state index contributed by atoms with van der Waals surface area (Å²) in [5, 5.41) is 2.87. The van der Waals surface area contributed by atoms with Crippen LogP contribution in [0, 0.1) is 6.92 Å². The second-order valence-corrected chi connectivity index (χ2v) is 4.86. The van der Waals surface area contributed by atoms with Crippen LogP contribution in [0.3, 0.4) is 0 Å². The summed E-state index contributed by atoms with van der Waals surface area (Å²) in [5.41, 5.74) is 2.70. The fraction of sp³-hybridized carbons (Fsp3) is 0.143. The number of pyridine rings is 1. The Bertz CT molecular complexity index is 555. The molecule has 18 heavy (non-hydrogen) atoms. The SMILES string of the molecule is Cc1cc(C(=O)NCc2cccnc2)ccc1Br. The van der Waals surface area contributed by atoms with Crippen molar-refractivity contribution in [1.29, 1.82) is 0 Å². The van der Waals surface area contributed by atoms with E-state index in [1.54, 1.807) is 18.5 Å². The van der Waals surface area contributed by atoms with Crippen molar-refractivity contribution in [3.8, 4) is 0 Å². The lowest BCUT2D eigenvalue weighted by molar-refractivity contribution is 0.0951. The van der Waals surface area contributed by atoms with Gasteiger partial charge in [0.25, 0.3) is 5.91 Å². The van der Waals surface area contributed by atoms with Gasteiger partial charge in [-0.1, -0.05) is 22.0 Å². The molecule has 3 nitrogen and oxygen atoms in total. The monoisotopic (exact) mass is 304 g/mol. The Hall–Kier alpha value is -1.68. The molecule has 2 aromatic rings. The summed E-state index contributed by atoms with van der Waals surface area (Å²) in [6.07, 6.45) is 3.45. The summed E-state index contributed by atoms with van der Waals surface area (Å²) in [7, 11) is 0. The first-order valence-corrected chi connectivity index (χ1v) is 6.39. The van der Waals surface area contributed by atoms with Crippen molar-refractivity contribution >= 4 is 21.8 Å². The van der Waals surface area contributed by atoms with E-state index in [0.29, 0.717) is 12.1 Å². The maximum Gasteiger partial charge on any atom is 0.251 e. The van der Waals surface area contributed by atoms with E-state index < -0.39 is 0 Å². The van der Waals surface area contributed by atoms with Crippen molar-refractivity contribution in [1.82, 2.24) is 10.3 Å². The number of amides is 1. The van der Waals surface area contributed by atoms with E-state index in [1.807, 2.05) is 31.2 Å². The van der Waals surface area contributed by atoms with Crippen LogP contribution in [0.15, 0.2) is 47.2 Å². The summed E-state index contributed by atoms with van der Waals surface area (Å²) < 4.78 is 1.01. The Kier molecular flexibility index (Phi) is 4.10. The predicted octanol–water partition coefficient (Wildman–Crippen LogP) is 3.08. The third-order valence-electron chi connectivity index (χ3n) is 2.60. The summed E-state index contributed by atoms with van der Waals surface area (Å²) in [6, 6.07) is 9.33. The molecule has 0 aliphatic heterocycles. The molecule has 0 aliphatic carbocycles. The van der Waals surface area contributed by atoms with Gasteiger partial charge in [-0.05, 0) is 42.3 Å². The van der Waals surface area contributed by atoms with Crippen molar-refractivity contribution in [2.45, 2.75) is 13.5 Å². The van der Waals surface area contributed by atoms with Crippen molar-refractivity contribution in [3.05, 3.63) is 63.9 Å². The lowest BCUT2D eigenvalue weighted by Gasteiger charge is -2.06. The molecule has 0 atom stereocenters. The fourth-order valence-electron chi connectivity index (χ4n) is 1.57. The Morgan fingerprint density at radius 2 is 2.22 bits per heavy atom. The summed E-state index contributed by atoms with van der Waals surface area (Å²) in [6.45, 7) is 2.45. The maximum atomic E-state index is 11.9. The second kappa shape index (κ2) is 5.78. The van der Waals surface area contributed by atoms with Crippen molar-refractivity contribution in [3.63, 3.8) is 0 Å². The summed E-state index contributed by atoms with van der Waals surface area (Å²) in [4.78, 5) is 15.9. The average Bonchev–Trinajstić information content (AvgIpc) is 2.40. The molecule has 1 aromatic heterocycles. The molecule has 4 heteroatoms. The van der Waals surface area contributed by atoms with E-state index in [1.165, 1.54) is 0 Å². The van der Waals surface area contributed by atoms with Gasteiger partial charge in [-0.3, -0.25) is 9.78 Å².